The molecule has 34 heavy (non-hydrogen) atoms. The van der Waals surface area contributed by atoms with Gasteiger partial charge in [0.2, 0.25) is 5.91 Å². The summed E-state index contributed by atoms with van der Waals surface area (Å²) in [6, 6.07) is 6.63. The van der Waals surface area contributed by atoms with Gasteiger partial charge in [-0.3, -0.25) is 4.79 Å². The van der Waals surface area contributed by atoms with Crippen LogP contribution in [0.2, 0.25) is 0 Å². The van der Waals surface area contributed by atoms with Crippen molar-refractivity contribution in [1.29, 1.82) is 0 Å². The highest BCUT2D eigenvalue weighted by Gasteiger charge is 2.55. The minimum atomic E-state index is -0.0697. The van der Waals surface area contributed by atoms with E-state index in [4.69, 9.17) is 15.0 Å². The number of aryl methyl sites for hydroxylation is 1. The largest absolute Gasteiger partial charge is 0.494 e. The van der Waals surface area contributed by atoms with Gasteiger partial charge in [-0.05, 0) is 67.7 Å². The van der Waals surface area contributed by atoms with E-state index in [1.807, 2.05) is 25.1 Å². The summed E-state index contributed by atoms with van der Waals surface area (Å²) in [5, 5.41) is 4.09. The summed E-state index contributed by atoms with van der Waals surface area (Å²) in [4.78, 5) is 20.3. The van der Waals surface area contributed by atoms with Gasteiger partial charge in [0.1, 0.15) is 5.75 Å². The van der Waals surface area contributed by atoms with Crippen molar-refractivity contribution in [3.8, 4) is 5.75 Å². The van der Waals surface area contributed by atoms with Crippen LogP contribution in [0.4, 0.5) is 6.01 Å². The fourth-order valence-corrected chi connectivity index (χ4v) is 5.03. The highest BCUT2D eigenvalue weighted by Crippen LogP contribution is 2.52. The molecule has 2 heterocycles. The van der Waals surface area contributed by atoms with Gasteiger partial charge < -0.3 is 24.8 Å². The summed E-state index contributed by atoms with van der Waals surface area (Å²) < 4.78 is 11.5. The second kappa shape index (κ2) is 9.94. The number of hydrogen-bond donors (Lipinski definition) is 1. The smallest absolute Gasteiger partial charge is 0.324 e. The first kappa shape index (κ1) is 24.5. The summed E-state index contributed by atoms with van der Waals surface area (Å²) in [7, 11) is 3.56. The van der Waals surface area contributed by atoms with Gasteiger partial charge >= 0.3 is 6.01 Å². The van der Waals surface area contributed by atoms with Crippen LogP contribution in [-0.2, 0) is 11.2 Å². The summed E-state index contributed by atoms with van der Waals surface area (Å²) in [5.74, 6) is 3.03. The Hall–Kier alpha value is -2.61. The van der Waals surface area contributed by atoms with E-state index >= 15 is 0 Å². The Bertz CT molecular complexity index is 996. The van der Waals surface area contributed by atoms with E-state index in [1.165, 1.54) is 0 Å². The molecule has 186 valence electrons. The van der Waals surface area contributed by atoms with Crippen molar-refractivity contribution in [3.05, 3.63) is 35.2 Å². The van der Waals surface area contributed by atoms with E-state index in [1.54, 1.807) is 19.0 Å². The first-order valence-electron chi connectivity index (χ1n) is 12.5. The molecular formula is C26H39N5O3. The number of benzene rings is 1. The zero-order valence-electron chi connectivity index (χ0n) is 21.2. The molecule has 0 unspecified atom stereocenters. The molecule has 1 saturated heterocycles. The Kier molecular flexibility index (Phi) is 7.17. The molecule has 1 aromatic heterocycles. The normalized spacial score (nSPS) is 22.8. The average Bonchev–Trinajstić information content (AvgIpc) is 3.22. The number of ether oxygens (including phenoxy) is 1. The predicted molar refractivity (Wildman–Crippen MR) is 132 cm³/mol. The fraction of sp³-hybridized carbons (Fsp3) is 0.654. The van der Waals surface area contributed by atoms with Crippen LogP contribution in [0.3, 0.4) is 0 Å². The number of amides is 1. The number of anilines is 1. The molecule has 0 spiro atoms. The maximum absolute atomic E-state index is 12.0. The fourth-order valence-electron chi connectivity index (χ4n) is 5.03. The van der Waals surface area contributed by atoms with E-state index in [9.17, 15) is 4.79 Å². The van der Waals surface area contributed by atoms with Crippen LogP contribution in [0.25, 0.3) is 0 Å². The maximum Gasteiger partial charge on any atom is 0.324 e. The van der Waals surface area contributed by atoms with Gasteiger partial charge in [-0.15, -0.1) is 0 Å². The monoisotopic (exact) mass is 469 g/mol. The molecule has 8 nitrogen and oxygen atoms in total. The Morgan fingerprint density at radius 3 is 2.68 bits per heavy atom. The topological polar surface area (TPSA) is 97.7 Å². The zero-order valence-corrected chi connectivity index (χ0v) is 21.2. The van der Waals surface area contributed by atoms with Crippen LogP contribution in [-0.4, -0.2) is 60.3 Å². The number of hydrogen-bond acceptors (Lipinski definition) is 7. The standard InChI is InChI=1S/C26H39N5O3/c1-17(2)24-28-25(34-29-24)31-11-8-20(9-12-31)26(27)16-21(26)10-13-33-22-7-6-19(18(3)14-22)15-23(32)30(4)5/h6-7,14,17,20-21H,8-13,15-16,27H2,1-5H3/t21-,26+/m1/s1. The lowest BCUT2D eigenvalue weighted by atomic mass is 9.86. The van der Waals surface area contributed by atoms with E-state index in [2.05, 4.69) is 28.9 Å². The zero-order chi connectivity index (χ0) is 24.5. The SMILES string of the molecule is Cc1cc(OCC[C@@H]2C[C@]2(N)C2CCN(c3nc(C(C)C)no3)CC2)ccc1CC(=O)N(C)C. The van der Waals surface area contributed by atoms with Crippen LogP contribution in [0.1, 0.15) is 62.4 Å². The van der Waals surface area contributed by atoms with Crippen LogP contribution in [0, 0.1) is 18.8 Å². The predicted octanol–water partition coefficient (Wildman–Crippen LogP) is 3.54. The van der Waals surface area contributed by atoms with E-state index in [0.717, 1.165) is 61.5 Å². The molecule has 1 aromatic carbocycles. The Morgan fingerprint density at radius 1 is 1.32 bits per heavy atom. The molecule has 2 atom stereocenters. The molecule has 2 fully saturated rings. The third-order valence-corrected chi connectivity index (χ3v) is 7.56. The van der Waals surface area contributed by atoms with Crippen molar-refractivity contribution in [1.82, 2.24) is 15.0 Å². The molecule has 0 bridgehead atoms. The van der Waals surface area contributed by atoms with Gasteiger partial charge in [-0.25, -0.2) is 0 Å². The van der Waals surface area contributed by atoms with Gasteiger partial charge in [0.15, 0.2) is 5.82 Å². The number of nitrogens with zero attached hydrogens (tertiary/aromatic N) is 4. The third-order valence-electron chi connectivity index (χ3n) is 7.56. The van der Waals surface area contributed by atoms with E-state index in [-0.39, 0.29) is 17.4 Å². The van der Waals surface area contributed by atoms with Gasteiger partial charge in [-0.1, -0.05) is 25.1 Å². The quantitative estimate of drug-likeness (QED) is 0.600. The van der Waals surface area contributed by atoms with Crippen molar-refractivity contribution in [2.24, 2.45) is 17.6 Å². The number of carbonyl (C=O) groups excluding carboxylic acids is 1. The molecule has 0 radical (unpaired) electrons. The lowest BCUT2D eigenvalue weighted by molar-refractivity contribution is -0.127. The van der Waals surface area contributed by atoms with E-state index < -0.39 is 0 Å². The Morgan fingerprint density at radius 2 is 2.06 bits per heavy atom. The van der Waals surface area contributed by atoms with E-state index in [0.29, 0.717) is 30.9 Å². The van der Waals surface area contributed by atoms with Crippen LogP contribution in [0.5, 0.6) is 5.75 Å². The van der Waals surface area contributed by atoms with Crippen LogP contribution in [0.15, 0.2) is 22.7 Å². The Labute approximate surface area is 202 Å². The first-order valence-corrected chi connectivity index (χ1v) is 12.5. The average molecular weight is 470 g/mol. The minimum Gasteiger partial charge on any atom is -0.494 e. The molecular weight excluding hydrogens is 430 g/mol. The molecule has 2 N–H and O–H groups in total. The van der Waals surface area contributed by atoms with Crippen molar-refractivity contribution < 1.29 is 14.1 Å². The summed E-state index contributed by atoms with van der Waals surface area (Å²) in [6.45, 7) is 8.66. The second-order valence-electron chi connectivity index (χ2n) is 10.6. The molecule has 1 aliphatic carbocycles. The summed E-state index contributed by atoms with van der Waals surface area (Å²) in [6.07, 6.45) is 4.57. The van der Waals surface area contributed by atoms with Gasteiger partial charge in [0.05, 0.1) is 13.0 Å². The van der Waals surface area contributed by atoms with Crippen molar-refractivity contribution >= 4 is 11.9 Å². The lowest BCUT2D eigenvalue weighted by Crippen LogP contribution is -2.44. The molecule has 2 aromatic rings. The number of likely N-dealkylation sites (N-methyl/N-ethyl adjacent to an activating group) is 1. The maximum atomic E-state index is 12.0. The van der Waals surface area contributed by atoms with Gasteiger partial charge in [-0.2, -0.15) is 4.98 Å². The minimum absolute atomic E-state index is 0.0697. The molecule has 1 amide bonds. The molecule has 1 aliphatic heterocycles. The summed E-state index contributed by atoms with van der Waals surface area (Å²) in [5.41, 5.74) is 8.88. The number of aromatic nitrogens is 2. The highest BCUT2D eigenvalue weighted by molar-refractivity contribution is 5.78. The van der Waals surface area contributed by atoms with Gasteiger partial charge in [0, 0.05) is 38.6 Å². The van der Waals surface area contributed by atoms with Crippen molar-refractivity contribution in [2.75, 3.05) is 38.7 Å². The number of nitrogens with two attached hydrogens (primary N) is 1. The van der Waals surface area contributed by atoms with Crippen molar-refractivity contribution in [2.45, 2.75) is 64.3 Å². The van der Waals surface area contributed by atoms with Gasteiger partial charge in [0.25, 0.3) is 0 Å². The third kappa shape index (κ3) is 5.37. The second-order valence-corrected chi connectivity index (χ2v) is 10.6. The van der Waals surface area contributed by atoms with Crippen LogP contribution < -0.4 is 15.4 Å². The molecule has 8 heteroatoms. The van der Waals surface area contributed by atoms with Crippen molar-refractivity contribution in [3.63, 3.8) is 0 Å². The van der Waals surface area contributed by atoms with Crippen LogP contribution >= 0.6 is 0 Å². The molecule has 1 saturated carbocycles. The molecule has 4 rings (SSSR count). The summed E-state index contributed by atoms with van der Waals surface area (Å²) >= 11 is 0. The number of carbonyl (C=O) groups is 1. The molecule has 2 aliphatic rings. The lowest BCUT2D eigenvalue weighted by Gasteiger charge is -2.34. The number of piperidine rings is 1. The first-order chi connectivity index (χ1) is 16.2. The number of rotatable bonds is 9. The highest BCUT2D eigenvalue weighted by atomic mass is 16.5. The Balaban J connectivity index is 1.21.